The topological polar surface area (TPSA) is 62.1 Å². The molecule has 0 radical (unpaired) electrons. The highest BCUT2D eigenvalue weighted by molar-refractivity contribution is 7.16. The Morgan fingerprint density at radius 1 is 1.11 bits per heavy atom. The summed E-state index contributed by atoms with van der Waals surface area (Å²) in [4.78, 5) is 17.6. The van der Waals surface area contributed by atoms with Gasteiger partial charge in [-0.25, -0.2) is 0 Å². The van der Waals surface area contributed by atoms with Crippen molar-refractivity contribution in [1.82, 2.24) is 4.57 Å². The minimum absolute atomic E-state index is 0.354. The van der Waals surface area contributed by atoms with E-state index in [0.29, 0.717) is 28.4 Å². The summed E-state index contributed by atoms with van der Waals surface area (Å²) in [6.07, 6.45) is 1.77. The Balaban J connectivity index is 2.10. The van der Waals surface area contributed by atoms with Gasteiger partial charge in [-0.05, 0) is 36.4 Å². The van der Waals surface area contributed by atoms with Gasteiger partial charge in [0, 0.05) is 12.1 Å². The van der Waals surface area contributed by atoms with Gasteiger partial charge in [0.05, 0.1) is 31.5 Å². The van der Waals surface area contributed by atoms with Crippen molar-refractivity contribution in [2.75, 3.05) is 21.3 Å². The molecule has 1 heterocycles. The molecule has 3 rings (SSSR count). The van der Waals surface area contributed by atoms with Crippen molar-refractivity contribution >= 4 is 27.5 Å². The molecule has 27 heavy (non-hydrogen) atoms. The summed E-state index contributed by atoms with van der Waals surface area (Å²) in [7, 11) is 4.70. The van der Waals surface area contributed by atoms with Gasteiger partial charge in [0.2, 0.25) is 0 Å². The smallest absolute Gasteiger partial charge is 0.279 e. The monoisotopic (exact) mass is 384 g/mol. The molecule has 0 bridgehead atoms. The second-order valence-corrected chi connectivity index (χ2v) is 6.61. The molecule has 0 N–H and O–H groups in total. The van der Waals surface area contributed by atoms with E-state index in [0.717, 1.165) is 16.0 Å². The third kappa shape index (κ3) is 3.73. The van der Waals surface area contributed by atoms with Crippen LogP contribution in [0.3, 0.4) is 0 Å². The average molecular weight is 384 g/mol. The van der Waals surface area contributed by atoms with Crippen molar-refractivity contribution in [2.45, 2.75) is 6.54 Å². The van der Waals surface area contributed by atoms with Crippen LogP contribution in [0.1, 0.15) is 10.4 Å². The lowest BCUT2D eigenvalue weighted by Gasteiger charge is -2.07. The molecule has 0 saturated heterocycles. The van der Waals surface area contributed by atoms with Gasteiger partial charge in [-0.3, -0.25) is 4.79 Å². The summed E-state index contributed by atoms with van der Waals surface area (Å²) in [5.41, 5.74) is 1.40. The van der Waals surface area contributed by atoms with Crippen molar-refractivity contribution in [3.8, 4) is 17.2 Å². The highest BCUT2D eigenvalue weighted by atomic mass is 32.1. The molecule has 0 spiro atoms. The van der Waals surface area contributed by atoms with Gasteiger partial charge in [-0.15, -0.1) is 6.58 Å². The van der Waals surface area contributed by atoms with Crippen LogP contribution in [-0.2, 0) is 6.54 Å². The van der Waals surface area contributed by atoms with Crippen LogP contribution in [0.25, 0.3) is 10.2 Å². The quantitative estimate of drug-likeness (QED) is 0.609. The summed E-state index contributed by atoms with van der Waals surface area (Å²) < 4.78 is 18.7. The van der Waals surface area contributed by atoms with E-state index in [9.17, 15) is 4.79 Å². The van der Waals surface area contributed by atoms with Gasteiger partial charge >= 0.3 is 0 Å². The molecule has 0 aliphatic heterocycles. The molecule has 7 heteroatoms. The van der Waals surface area contributed by atoms with Crippen molar-refractivity contribution < 1.29 is 19.0 Å². The number of fused-ring (bicyclic) bond motifs is 1. The number of allylic oxidation sites excluding steroid dienone is 1. The molecule has 0 aliphatic rings. The predicted molar refractivity (Wildman–Crippen MR) is 106 cm³/mol. The number of ether oxygens (including phenoxy) is 3. The summed E-state index contributed by atoms with van der Waals surface area (Å²) in [5.74, 6) is 1.45. The van der Waals surface area contributed by atoms with E-state index >= 15 is 0 Å². The highest BCUT2D eigenvalue weighted by Gasteiger charge is 2.12. The first kappa shape index (κ1) is 18.7. The highest BCUT2D eigenvalue weighted by Crippen LogP contribution is 2.28. The number of hydrogen-bond acceptors (Lipinski definition) is 5. The van der Waals surface area contributed by atoms with Gasteiger partial charge in [0.25, 0.3) is 5.91 Å². The molecule has 0 saturated carbocycles. The van der Waals surface area contributed by atoms with E-state index in [-0.39, 0.29) is 5.91 Å². The van der Waals surface area contributed by atoms with E-state index in [1.165, 1.54) is 18.4 Å². The Morgan fingerprint density at radius 2 is 1.89 bits per heavy atom. The fourth-order valence-corrected chi connectivity index (χ4v) is 3.76. The maximum absolute atomic E-state index is 12.7. The van der Waals surface area contributed by atoms with E-state index < -0.39 is 0 Å². The molecule has 0 atom stereocenters. The number of thiazole rings is 1. The van der Waals surface area contributed by atoms with Crippen molar-refractivity contribution in [3.63, 3.8) is 0 Å². The first-order valence-electron chi connectivity index (χ1n) is 8.20. The zero-order chi connectivity index (χ0) is 19.4. The molecule has 2 aromatic carbocycles. The van der Waals surface area contributed by atoms with Gasteiger partial charge in [-0.1, -0.05) is 17.4 Å². The number of nitrogens with zero attached hydrogens (tertiary/aromatic N) is 2. The molecule has 0 aliphatic carbocycles. The summed E-state index contributed by atoms with van der Waals surface area (Å²) in [6, 6.07) is 10.7. The molecule has 3 aromatic rings. The maximum Gasteiger partial charge on any atom is 0.279 e. The number of carbonyl (C=O) groups excluding carboxylic acids is 1. The summed E-state index contributed by atoms with van der Waals surface area (Å²) >= 11 is 1.43. The van der Waals surface area contributed by atoms with E-state index in [4.69, 9.17) is 14.2 Å². The Morgan fingerprint density at radius 3 is 2.56 bits per heavy atom. The minimum atomic E-state index is -0.354. The first-order valence-corrected chi connectivity index (χ1v) is 9.02. The van der Waals surface area contributed by atoms with Crippen LogP contribution in [0, 0.1) is 0 Å². The van der Waals surface area contributed by atoms with Crippen LogP contribution in [0.2, 0.25) is 0 Å². The van der Waals surface area contributed by atoms with Crippen LogP contribution in [0.15, 0.2) is 54.0 Å². The van der Waals surface area contributed by atoms with Gasteiger partial charge in [-0.2, -0.15) is 4.99 Å². The Hall–Kier alpha value is -3.06. The van der Waals surface area contributed by atoms with E-state index in [1.807, 2.05) is 22.8 Å². The number of aromatic nitrogens is 1. The number of rotatable bonds is 6. The Bertz CT molecular complexity index is 1070. The zero-order valence-corrected chi connectivity index (χ0v) is 16.2. The van der Waals surface area contributed by atoms with Crippen molar-refractivity contribution in [2.24, 2.45) is 4.99 Å². The fraction of sp³-hybridized carbons (Fsp3) is 0.200. The number of methoxy groups -OCH3 is 3. The first-order chi connectivity index (χ1) is 13.1. The number of hydrogen-bond donors (Lipinski definition) is 0. The van der Waals surface area contributed by atoms with E-state index in [1.54, 1.807) is 38.5 Å². The fourth-order valence-electron chi connectivity index (χ4n) is 2.69. The molecule has 6 nitrogen and oxygen atoms in total. The van der Waals surface area contributed by atoms with Crippen molar-refractivity contribution in [3.05, 3.63) is 59.4 Å². The van der Waals surface area contributed by atoms with Gasteiger partial charge in [0.15, 0.2) is 16.3 Å². The molecule has 0 fully saturated rings. The Labute approximate surface area is 161 Å². The third-order valence-corrected chi connectivity index (χ3v) is 5.07. The van der Waals surface area contributed by atoms with Crippen LogP contribution in [0.4, 0.5) is 0 Å². The normalized spacial score (nSPS) is 11.4. The number of carbonyl (C=O) groups is 1. The SMILES string of the molecule is C=CCn1c(=NC(=O)c2ccc(OC)c(OC)c2)sc2cc(OC)ccc21. The van der Waals surface area contributed by atoms with Gasteiger partial charge < -0.3 is 18.8 Å². The lowest BCUT2D eigenvalue weighted by molar-refractivity contribution is 0.0997. The van der Waals surface area contributed by atoms with Crippen LogP contribution in [0.5, 0.6) is 17.2 Å². The summed E-state index contributed by atoms with van der Waals surface area (Å²) in [5, 5.41) is 0. The number of amides is 1. The minimum Gasteiger partial charge on any atom is -0.497 e. The van der Waals surface area contributed by atoms with Crippen LogP contribution >= 0.6 is 11.3 Å². The number of benzene rings is 2. The molecule has 1 aromatic heterocycles. The zero-order valence-electron chi connectivity index (χ0n) is 15.4. The molecule has 140 valence electrons. The molecular formula is C20H20N2O4S. The van der Waals surface area contributed by atoms with E-state index in [2.05, 4.69) is 11.6 Å². The average Bonchev–Trinajstić information content (AvgIpc) is 3.03. The second-order valence-electron chi connectivity index (χ2n) is 5.60. The summed E-state index contributed by atoms with van der Waals surface area (Å²) in [6.45, 7) is 4.34. The van der Waals surface area contributed by atoms with Crippen LogP contribution < -0.4 is 19.0 Å². The lowest BCUT2D eigenvalue weighted by Crippen LogP contribution is -2.16. The predicted octanol–water partition coefficient (Wildman–Crippen LogP) is 3.66. The molecular weight excluding hydrogens is 364 g/mol. The Kier molecular flexibility index (Phi) is 5.61. The van der Waals surface area contributed by atoms with Crippen molar-refractivity contribution in [1.29, 1.82) is 0 Å². The van der Waals surface area contributed by atoms with Crippen LogP contribution in [-0.4, -0.2) is 31.8 Å². The third-order valence-electron chi connectivity index (χ3n) is 4.03. The second kappa shape index (κ2) is 8.09. The maximum atomic E-state index is 12.7. The molecule has 0 unspecified atom stereocenters. The van der Waals surface area contributed by atoms with Gasteiger partial charge in [0.1, 0.15) is 5.75 Å². The standard InChI is InChI=1S/C20H20N2O4S/c1-5-10-22-15-8-7-14(24-2)12-18(15)27-20(22)21-19(23)13-6-9-16(25-3)17(11-13)26-4/h5-9,11-12H,1,10H2,2-4H3. The lowest BCUT2D eigenvalue weighted by atomic mass is 10.2. The largest absolute Gasteiger partial charge is 0.497 e. The molecule has 1 amide bonds.